The number of hydrogen-bond acceptors (Lipinski definition) is 6. The molecule has 0 heterocycles. The van der Waals surface area contributed by atoms with Crippen molar-refractivity contribution >= 4 is 5.91 Å². The number of rotatable bonds is 9. The monoisotopic (exact) mass is 351 g/mol. The Balaban J connectivity index is 2.90. The van der Waals surface area contributed by atoms with Crippen LogP contribution in [0.25, 0.3) is 0 Å². The number of aliphatic hydroxyl groups is 2. The summed E-state index contributed by atoms with van der Waals surface area (Å²) in [4.78, 5) is 11.1. The lowest BCUT2D eigenvalue weighted by atomic mass is 9.97. The number of benzene rings is 1. The molecule has 0 aliphatic rings. The predicted molar refractivity (Wildman–Crippen MR) is 92.2 cm³/mol. The summed E-state index contributed by atoms with van der Waals surface area (Å²) in [6.45, 7) is 3.62. The smallest absolute Gasteiger partial charge is 0.267 e. The number of carbonyl (C=O) groups is 1. The lowest BCUT2D eigenvalue weighted by molar-refractivity contribution is -0.124. The van der Waals surface area contributed by atoms with E-state index in [-0.39, 0.29) is 13.2 Å². The van der Waals surface area contributed by atoms with E-state index in [1.165, 1.54) is 18.7 Å². The number of amides is 1. The summed E-state index contributed by atoms with van der Waals surface area (Å²) < 4.78 is 10.7. The van der Waals surface area contributed by atoms with Gasteiger partial charge in [-0.15, -0.1) is 0 Å². The topological polar surface area (TPSA) is 108 Å². The Morgan fingerprint density at radius 1 is 1.24 bits per heavy atom. The zero-order valence-corrected chi connectivity index (χ0v) is 14.6. The fourth-order valence-corrected chi connectivity index (χ4v) is 2.39. The van der Waals surface area contributed by atoms with Gasteiger partial charge in [0.1, 0.15) is 24.6 Å². The average molecular weight is 351 g/mol. The van der Waals surface area contributed by atoms with Crippen LogP contribution < -0.4 is 10.2 Å². The normalized spacial score (nSPS) is 14.8. The minimum atomic E-state index is -0.910. The van der Waals surface area contributed by atoms with Gasteiger partial charge in [-0.05, 0) is 42.7 Å². The maximum atomic E-state index is 11.1. The fraction of sp³-hybridized carbons (Fsp3) is 0.389. The van der Waals surface area contributed by atoms with Gasteiger partial charge in [0.05, 0.1) is 6.61 Å². The highest BCUT2D eigenvalue weighted by Gasteiger charge is 2.22. The number of hydroxylamine groups is 1. The minimum Gasteiger partial charge on any atom is -0.491 e. The van der Waals surface area contributed by atoms with Gasteiger partial charge >= 0.3 is 0 Å². The van der Waals surface area contributed by atoms with Gasteiger partial charge in [0.15, 0.2) is 0 Å². The highest BCUT2D eigenvalue weighted by atomic mass is 16.5. The summed E-state index contributed by atoms with van der Waals surface area (Å²) in [6, 6.07) is 6.85. The van der Waals surface area contributed by atoms with E-state index >= 15 is 0 Å². The second-order valence-corrected chi connectivity index (χ2v) is 5.50. The van der Waals surface area contributed by atoms with Crippen molar-refractivity contribution < 1.29 is 29.7 Å². The Bertz CT molecular complexity index is 608. The quantitative estimate of drug-likeness (QED) is 0.232. The fourth-order valence-electron chi connectivity index (χ4n) is 2.39. The van der Waals surface area contributed by atoms with Gasteiger partial charge in [-0.1, -0.05) is 18.2 Å². The third-order valence-corrected chi connectivity index (χ3v) is 3.50. The van der Waals surface area contributed by atoms with Gasteiger partial charge in [-0.3, -0.25) is 10.0 Å². The number of aliphatic hydroxyl groups excluding tert-OH is 2. The second kappa shape index (κ2) is 10.6. The third-order valence-electron chi connectivity index (χ3n) is 3.50. The first-order valence-corrected chi connectivity index (χ1v) is 7.78. The zero-order chi connectivity index (χ0) is 18.8. The molecule has 7 nitrogen and oxygen atoms in total. The number of allylic oxidation sites excluding steroid dienone is 2. The lowest BCUT2D eigenvalue weighted by Crippen LogP contribution is -2.22. The summed E-state index contributed by atoms with van der Waals surface area (Å²) in [5.41, 5.74) is 3.49. The Hall–Kier alpha value is -2.19. The molecule has 1 aromatic carbocycles. The van der Waals surface area contributed by atoms with E-state index in [9.17, 15) is 9.90 Å². The number of methoxy groups -OCH3 is 1. The van der Waals surface area contributed by atoms with Crippen LogP contribution in [-0.2, 0) is 9.53 Å². The maximum absolute atomic E-state index is 11.1. The first-order chi connectivity index (χ1) is 11.9. The molecule has 0 spiro atoms. The van der Waals surface area contributed by atoms with Gasteiger partial charge in [0.25, 0.3) is 5.91 Å². The number of carbonyl (C=O) groups excluding carboxylic acids is 1. The molecule has 7 heteroatoms. The first kappa shape index (κ1) is 20.9. The predicted octanol–water partition coefficient (Wildman–Crippen LogP) is 1.50. The molecule has 138 valence electrons. The van der Waals surface area contributed by atoms with Gasteiger partial charge in [-0.25, -0.2) is 5.48 Å². The number of ether oxygens (including phenoxy) is 2. The van der Waals surface area contributed by atoms with Crippen molar-refractivity contribution in [3.63, 3.8) is 0 Å². The average Bonchev–Trinajstić information content (AvgIpc) is 2.60. The molecular formula is C18H25NO6. The highest BCUT2D eigenvalue weighted by Crippen LogP contribution is 2.26. The molecule has 4 N–H and O–H groups in total. The van der Waals surface area contributed by atoms with E-state index < -0.39 is 18.1 Å². The standard InChI is InChI=1S/C18H25NO6/c1-12(11-16(21)19-23)10-13(2)18(24-3)17(22)14-4-6-15(7-5-14)25-9-8-20/h4-7,10-11,17-18,20,22-23H,8-9H2,1-3H3,(H,19,21)/b12-11+,13-10+/t17-,18-/m0/s1. The molecule has 25 heavy (non-hydrogen) atoms. The molecule has 1 aromatic rings. The van der Waals surface area contributed by atoms with Crippen LogP contribution in [-0.4, -0.2) is 47.8 Å². The third kappa shape index (κ3) is 6.67. The summed E-state index contributed by atoms with van der Waals surface area (Å²) >= 11 is 0. The molecule has 0 saturated heterocycles. The van der Waals surface area contributed by atoms with Gasteiger partial charge in [0.2, 0.25) is 0 Å². The summed E-state index contributed by atoms with van der Waals surface area (Å²) in [7, 11) is 1.49. The van der Waals surface area contributed by atoms with E-state index in [0.29, 0.717) is 16.9 Å². The molecule has 0 unspecified atom stereocenters. The van der Waals surface area contributed by atoms with Crippen LogP contribution >= 0.6 is 0 Å². The Kier molecular flexibility index (Phi) is 8.87. The van der Waals surface area contributed by atoms with Crippen molar-refractivity contribution in [3.8, 4) is 5.75 Å². The zero-order valence-electron chi connectivity index (χ0n) is 14.6. The first-order valence-electron chi connectivity index (χ1n) is 7.78. The van der Waals surface area contributed by atoms with Crippen LogP contribution in [0.15, 0.2) is 47.6 Å². The molecule has 0 aromatic heterocycles. The minimum absolute atomic E-state index is 0.0682. The summed E-state index contributed by atoms with van der Waals surface area (Å²) in [6.07, 6.45) is 1.42. The van der Waals surface area contributed by atoms with E-state index in [0.717, 1.165) is 5.57 Å². The SMILES string of the molecule is CO[C@@H](/C(C)=C/C(C)=C/C(=O)NO)[C@@H](O)c1ccc(OCCO)cc1. The molecule has 1 rings (SSSR count). The molecule has 0 radical (unpaired) electrons. The van der Waals surface area contributed by atoms with Gasteiger partial charge < -0.3 is 19.7 Å². The van der Waals surface area contributed by atoms with E-state index in [1.807, 2.05) is 0 Å². The van der Waals surface area contributed by atoms with Crippen LogP contribution in [0.5, 0.6) is 5.75 Å². The van der Waals surface area contributed by atoms with Crippen molar-refractivity contribution in [3.05, 3.63) is 53.1 Å². The maximum Gasteiger partial charge on any atom is 0.267 e. The van der Waals surface area contributed by atoms with E-state index in [1.54, 1.807) is 44.2 Å². The van der Waals surface area contributed by atoms with Crippen molar-refractivity contribution in [2.75, 3.05) is 20.3 Å². The van der Waals surface area contributed by atoms with Crippen LogP contribution in [0, 0.1) is 0 Å². The molecule has 0 aliphatic heterocycles. The van der Waals surface area contributed by atoms with Crippen molar-refractivity contribution in [2.24, 2.45) is 0 Å². The highest BCUT2D eigenvalue weighted by molar-refractivity contribution is 5.87. The molecular weight excluding hydrogens is 326 g/mol. The Morgan fingerprint density at radius 3 is 2.40 bits per heavy atom. The van der Waals surface area contributed by atoms with Crippen LogP contribution in [0.3, 0.4) is 0 Å². The second-order valence-electron chi connectivity index (χ2n) is 5.50. The van der Waals surface area contributed by atoms with E-state index in [4.69, 9.17) is 19.8 Å². The van der Waals surface area contributed by atoms with Crippen molar-refractivity contribution in [1.29, 1.82) is 0 Å². The van der Waals surface area contributed by atoms with Crippen LogP contribution in [0.1, 0.15) is 25.5 Å². The molecule has 0 aliphatic carbocycles. The number of nitrogens with one attached hydrogen (secondary N) is 1. The largest absolute Gasteiger partial charge is 0.491 e. The molecule has 0 bridgehead atoms. The van der Waals surface area contributed by atoms with E-state index in [2.05, 4.69) is 0 Å². The van der Waals surface area contributed by atoms with Crippen LogP contribution in [0.2, 0.25) is 0 Å². The molecule has 0 saturated carbocycles. The molecule has 0 fully saturated rings. The lowest BCUT2D eigenvalue weighted by Gasteiger charge is -2.23. The summed E-state index contributed by atoms with van der Waals surface area (Å²) in [5, 5.41) is 27.9. The van der Waals surface area contributed by atoms with Gasteiger partial charge in [-0.2, -0.15) is 0 Å². The van der Waals surface area contributed by atoms with Crippen LogP contribution in [0.4, 0.5) is 0 Å². The number of hydrogen-bond donors (Lipinski definition) is 4. The molecule has 1 amide bonds. The Labute approximate surface area is 147 Å². The molecule has 2 atom stereocenters. The summed E-state index contributed by atoms with van der Waals surface area (Å²) in [5.74, 6) is -0.0328. The van der Waals surface area contributed by atoms with Crippen molar-refractivity contribution in [2.45, 2.75) is 26.1 Å². The van der Waals surface area contributed by atoms with Gasteiger partial charge in [0, 0.05) is 13.2 Å². The van der Waals surface area contributed by atoms with Crippen molar-refractivity contribution in [1.82, 2.24) is 5.48 Å². The Morgan fingerprint density at radius 2 is 1.88 bits per heavy atom.